The van der Waals surface area contributed by atoms with E-state index in [0.717, 1.165) is 0 Å². The molecule has 0 aromatic rings. The van der Waals surface area contributed by atoms with Gasteiger partial charge in [0.2, 0.25) is 0 Å². The van der Waals surface area contributed by atoms with Gasteiger partial charge in [-0.3, -0.25) is 0 Å². The lowest BCUT2D eigenvalue weighted by Gasteiger charge is -2.13. The van der Waals surface area contributed by atoms with Gasteiger partial charge in [0.1, 0.15) is 0 Å². The number of hydrogen-bond donors (Lipinski definition) is 0. The Morgan fingerprint density at radius 2 is 1.78 bits per heavy atom. The van der Waals surface area contributed by atoms with Crippen LogP contribution in [0.25, 0.3) is 0 Å². The van der Waals surface area contributed by atoms with E-state index in [4.69, 9.17) is 0 Å². The van der Waals surface area contributed by atoms with Crippen LogP contribution in [0.15, 0.2) is 36.5 Å². The third-order valence-corrected chi connectivity index (χ3v) is 2.10. The number of hydrogen-bond acceptors (Lipinski definition) is 0. The summed E-state index contributed by atoms with van der Waals surface area (Å²) < 4.78 is 0. The summed E-state index contributed by atoms with van der Waals surface area (Å²) in [5, 5.41) is 0. The maximum Gasteiger partial charge on any atom is 0.0250 e. The predicted molar refractivity (Wildman–Crippen MR) is 39.1 cm³/mol. The van der Waals surface area contributed by atoms with E-state index in [9.17, 15) is 0 Å². The Hall–Kier alpha value is -0.780. The smallest absolute Gasteiger partial charge is 0.0250 e. The molecule has 0 nitrogen and oxygen atoms in total. The summed E-state index contributed by atoms with van der Waals surface area (Å²) in [6, 6.07) is 0. The highest BCUT2D eigenvalue weighted by Gasteiger charge is 2.24. The van der Waals surface area contributed by atoms with Crippen LogP contribution < -0.4 is 0 Å². The van der Waals surface area contributed by atoms with E-state index in [0.29, 0.717) is 5.41 Å². The van der Waals surface area contributed by atoms with Crippen LogP contribution in [0.2, 0.25) is 0 Å². The molecule has 1 spiro atoms. The molecule has 0 atom stereocenters. The molecule has 2 aliphatic carbocycles. The van der Waals surface area contributed by atoms with E-state index in [2.05, 4.69) is 36.5 Å². The SMILES string of the molecule is C1=CC2(C=C1)C=CCC2. The maximum absolute atomic E-state index is 2.30. The van der Waals surface area contributed by atoms with Crippen LogP contribution in [0.3, 0.4) is 0 Å². The molecule has 0 heterocycles. The first-order valence-corrected chi connectivity index (χ1v) is 3.46. The molecule has 0 N–H and O–H groups in total. The molecule has 0 saturated carbocycles. The van der Waals surface area contributed by atoms with Crippen molar-refractivity contribution < 1.29 is 0 Å². The van der Waals surface area contributed by atoms with Crippen molar-refractivity contribution in [3.63, 3.8) is 0 Å². The Morgan fingerprint density at radius 3 is 2.33 bits per heavy atom. The standard InChI is InChI=1S/C9H10/c1-2-6-9(5-1)7-3-4-8-9/h1-3,5-7H,4,8H2. The molecule has 0 amide bonds. The van der Waals surface area contributed by atoms with Gasteiger partial charge >= 0.3 is 0 Å². The first-order valence-electron chi connectivity index (χ1n) is 3.46. The summed E-state index contributed by atoms with van der Waals surface area (Å²) in [6.45, 7) is 0. The molecule has 0 saturated heterocycles. The maximum atomic E-state index is 2.30. The van der Waals surface area contributed by atoms with Crippen LogP contribution in [0.4, 0.5) is 0 Å². The second-order valence-corrected chi connectivity index (χ2v) is 2.77. The first kappa shape index (κ1) is 5.04. The van der Waals surface area contributed by atoms with Gasteiger partial charge in [0.15, 0.2) is 0 Å². The van der Waals surface area contributed by atoms with Crippen LogP contribution in [0.5, 0.6) is 0 Å². The molecule has 0 aromatic heterocycles. The Labute approximate surface area is 55.6 Å². The van der Waals surface area contributed by atoms with Crippen molar-refractivity contribution in [2.45, 2.75) is 12.8 Å². The van der Waals surface area contributed by atoms with Crippen LogP contribution in [-0.2, 0) is 0 Å². The molecular weight excluding hydrogens is 108 g/mol. The normalized spacial score (nSPS) is 26.7. The fourth-order valence-corrected chi connectivity index (χ4v) is 1.52. The van der Waals surface area contributed by atoms with E-state index < -0.39 is 0 Å². The highest BCUT2D eigenvalue weighted by atomic mass is 14.3. The van der Waals surface area contributed by atoms with E-state index in [-0.39, 0.29) is 0 Å². The third-order valence-electron chi connectivity index (χ3n) is 2.10. The summed E-state index contributed by atoms with van der Waals surface area (Å²) in [5.74, 6) is 0. The third kappa shape index (κ3) is 0.663. The molecule has 2 aliphatic rings. The molecule has 2 rings (SSSR count). The van der Waals surface area contributed by atoms with Gasteiger partial charge in [-0.25, -0.2) is 0 Å². The Morgan fingerprint density at radius 1 is 1.00 bits per heavy atom. The van der Waals surface area contributed by atoms with Crippen molar-refractivity contribution in [3.8, 4) is 0 Å². The zero-order valence-electron chi connectivity index (χ0n) is 5.38. The Balaban J connectivity index is 2.34. The topological polar surface area (TPSA) is 0 Å². The van der Waals surface area contributed by atoms with Crippen molar-refractivity contribution in [2.24, 2.45) is 5.41 Å². The lowest BCUT2D eigenvalue weighted by atomic mass is 9.90. The van der Waals surface area contributed by atoms with Crippen LogP contribution in [0, 0.1) is 5.41 Å². The summed E-state index contributed by atoms with van der Waals surface area (Å²) in [7, 11) is 0. The van der Waals surface area contributed by atoms with Gasteiger partial charge < -0.3 is 0 Å². The van der Waals surface area contributed by atoms with Gasteiger partial charge in [0, 0.05) is 5.41 Å². The van der Waals surface area contributed by atoms with E-state index in [1.54, 1.807) is 0 Å². The highest BCUT2D eigenvalue weighted by Crippen LogP contribution is 2.37. The molecule has 0 fully saturated rings. The lowest BCUT2D eigenvalue weighted by Crippen LogP contribution is -2.03. The van der Waals surface area contributed by atoms with E-state index in [1.807, 2.05) is 0 Å². The molecular formula is C9H10. The molecule has 46 valence electrons. The van der Waals surface area contributed by atoms with Crippen molar-refractivity contribution in [3.05, 3.63) is 36.5 Å². The Kier molecular flexibility index (Phi) is 0.895. The van der Waals surface area contributed by atoms with E-state index in [1.165, 1.54) is 12.8 Å². The largest absolute Gasteiger partial charge is 0.0873 e. The van der Waals surface area contributed by atoms with E-state index >= 15 is 0 Å². The van der Waals surface area contributed by atoms with Gasteiger partial charge in [-0.05, 0) is 12.8 Å². The van der Waals surface area contributed by atoms with Gasteiger partial charge in [-0.1, -0.05) is 36.5 Å². The zero-order chi connectivity index (χ0) is 6.16. The number of allylic oxidation sites excluding steroid dienone is 6. The molecule has 0 unspecified atom stereocenters. The van der Waals surface area contributed by atoms with Gasteiger partial charge in [0.25, 0.3) is 0 Å². The quantitative estimate of drug-likeness (QED) is 0.428. The highest BCUT2D eigenvalue weighted by molar-refractivity contribution is 5.33. The van der Waals surface area contributed by atoms with Crippen LogP contribution in [0.1, 0.15) is 12.8 Å². The van der Waals surface area contributed by atoms with Crippen molar-refractivity contribution in [1.82, 2.24) is 0 Å². The lowest BCUT2D eigenvalue weighted by molar-refractivity contribution is 0.618. The molecule has 0 heteroatoms. The number of rotatable bonds is 0. The fourth-order valence-electron chi connectivity index (χ4n) is 1.52. The molecule has 0 radical (unpaired) electrons. The summed E-state index contributed by atoms with van der Waals surface area (Å²) >= 11 is 0. The van der Waals surface area contributed by atoms with Gasteiger partial charge in [-0.2, -0.15) is 0 Å². The minimum atomic E-state index is 0.347. The van der Waals surface area contributed by atoms with Crippen LogP contribution in [-0.4, -0.2) is 0 Å². The average Bonchev–Trinajstić information content (AvgIpc) is 2.45. The minimum Gasteiger partial charge on any atom is -0.0873 e. The van der Waals surface area contributed by atoms with Crippen molar-refractivity contribution >= 4 is 0 Å². The molecule has 0 aliphatic heterocycles. The molecule has 0 bridgehead atoms. The Bertz CT molecular complexity index is 182. The summed E-state index contributed by atoms with van der Waals surface area (Å²) in [4.78, 5) is 0. The van der Waals surface area contributed by atoms with Crippen molar-refractivity contribution in [1.29, 1.82) is 0 Å². The zero-order valence-corrected chi connectivity index (χ0v) is 5.38. The first-order chi connectivity index (χ1) is 4.41. The van der Waals surface area contributed by atoms with Crippen molar-refractivity contribution in [2.75, 3.05) is 0 Å². The summed E-state index contributed by atoms with van der Waals surface area (Å²) in [5.41, 5.74) is 0.347. The van der Waals surface area contributed by atoms with Gasteiger partial charge in [0.05, 0.1) is 0 Å². The molecule has 0 aromatic carbocycles. The minimum absolute atomic E-state index is 0.347. The second-order valence-electron chi connectivity index (χ2n) is 2.77. The van der Waals surface area contributed by atoms with Crippen LogP contribution >= 0.6 is 0 Å². The predicted octanol–water partition coefficient (Wildman–Crippen LogP) is 2.45. The average molecular weight is 118 g/mol. The summed E-state index contributed by atoms with van der Waals surface area (Å²) in [6.07, 6.45) is 15.9. The fraction of sp³-hybridized carbons (Fsp3) is 0.333. The van der Waals surface area contributed by atoms with Gasteiger partial charge in [-0.15, -0.1) is 0 Å². The second kappa shape index (κ2) is 1.60. The molecule has 9 heavy (non-hydrogen) atoms. The monoisotopic (exact) mass is 118 g/mol.